The van der Waals surface area contributed by atoms with Crippen LogP contribution in [0.4, 0.5) is 5.69 Å². The summed E-state index contributed by atoms with van der Waals surface area (Å²) in [6, 6.07) is 7.78. The van der Waals surface area contributed by atoms with Crippen LogP contribution in [0.5, 0.6) is 0 Å². The van der Waals surface area contributed by atoms with Crippen LogP contribution in [0.3, 0.4) is 0 Å². The number of nitrogen functional groups attached to an aromatic ring is 1. The van der Waals surface area contributed by atoms with Gasteiger partial charge in [0.25, 0.3) is 0 Å². The first kappa shape index (κ1) is 10.4. The number of imidazole rings is 1. The van der Waals surface area contributed by atoms with E-state index in [1.807, 2.05) is 30.5 Å². The van der Waals surface area contributed by atoms with Gasteiger partial charge in [-0.3, -0.25) is 0 Å². The SMILES string of the molecule is Nc1ccc(-c2cn3c(n2)CCCC3N)cc1. The Morgan fingerprint density at radius 2 is 2.00 bits per heavy atom. The Balaban J connectivity index is 2.02. The second-order valence-electron chi connectivity index (χ2n) is 4.53. The molecule has 1 atom stereocenters. The fourth-order valence-electron chi connectivity index (χ4n) is 2.31. The Bertz CT molecular complexity index is 527. The number of aryl methyl sites for hydroxylation is 1. The normalized spacial score (nSPS) is 19.0. The quantitative estimate of drug-likeness (QED) is 0.733. The smallest absolute Gasteiger partial charge is 0.110 e. The van der Waals surface area contributed by atoms with E-state index in [-0.39, 0.29) is 6.17 Å². The molecule has 4 heteroatoms. The number of benzene rings is 1. The highest BCUT2D eigenvalue weighted by molar-refractivity contribution is 5.61. The summed E-state index contributed by atoms with van der Waals surface area (Å²) in [5, 5.41) is 0. The van der Waals surface area contributed by atoms with Crippen molar-refractivity contribution in [3.05, 3.63) is 36.3 Å². The number of aromatic nitrogens is 2. The summed E-state index contributed by atoms with van der Waals surface area (Å²) in [7, 11) is 0. The molecule has 0 amide bonds. The minimum absolute atomic E-state index is 0.0776. The number of nitrogens with two attached hydrogens (primary N) is 2. The van der Waals surface area contributed by atoms with Gasteiger partial charge in [0.05, 0.1) is 11.9 Å². The lowest BCUT2D eigenvalue weighted by atomic mass is 10.1. The monoisotopic (exact) mass is 228 g/mol. The summed E-state index contributed by atoms with van der Waals surface area (Å²) in [6.45, 7) is 0. The summed E-state index contributed by atoms with van der Waals surface area (Å²) >= 11 is 0. The van der Waals surface area contributed by atoms with Crippen molar-refractivity contribution in [2.24, 2.45) is 5.73 Å². The van der Waals surface area contributed by atoms with Gasteiger partial charge in [0.1, 0.15) is 5.82 Å². The van der Waals surface area contributed by atoms with Crippen molar-refractivity contribution in [2.75, 3.05) is 5.73 Å². The molecule has 0 spiro atoms. The zero-order chi connectivity index (χ0) is 11.8. The van der Waals surface area contributed by atoms with E-state index in [0.29, 0.717) is 0 Å². The van der Waals surface area contributed by atoms with Gasteiger partial charge in [-0.05, 0) is 25.0 Å². The molecule has 0 radical (unpaired) electrons. The predicted molar refractivity (Wildman–Crippen MR) is 68.2 cm³/mol. The first-order chi connectivity index (χ1) is 8.24. The topological polar surface area (TPSA) is 69.9 Å². The van der Waals surface area contributed by atoms with Crippen LogP contribution >= 0.6 is 0 Å². The second kappa shape index (κ2) is 3.89. The molecule has 17 heavy (non-hydrogen) atoms. The summed E-state index contributed by atoms with van der Waals surface area (Å²) < 4.78 is 2.09. The lowest BCUT2D eigenvalue weighted by Crippen LogP contribution is -2.24. The largest absolute Gasteiger partial charge is 0.399 e. The number of fused-ring (bicyclic) bond motifs is 1. The van der Waals surface area contributed by atoms with Gasteiger partial charge >= 0.3 is 0 Å². The van der Waals surface area contributed by atoms with Gasteiger partial charge in [-0.1, -0.05) is 12.1 Å². The number of rotatable bonds is 1. The molecule has 0 bridgehead atoms. The van der Waals surface area contributed by atoms with E-state index in [4.69, 9.17) is 11.5 Å². The third-order valence-corrected chi connectivity index (χ3v) is 3.27. The van der Waals surface area contributed by atoms with Gasteiger partial charge in [0, 0.05) is 23.9 Å². The standard InChI is InChI=1S/C13H16N4/c14-10-6-4-9(5-7-10)11-8-17-12(15)2-1-3-13(17)16-11/h4-8,12H,1-3,14-15H2. The van der Waals surface area contributed by atoms with Crippen molar-refractivity contribution >= 4 is 5.69 Å². The average molecular weight is 228 g/mol. The van der Waals surface area contributed by atoms with Gasteiger partial charge in [-0.25, -0.2) is 4.98 Å². The molecule has 2 aromatic rings. The molecule has 0 saturated heterocycles. The molecule has 88 valence electrons. The van der Waals surface area contributed by atoms with Crippen LogP contribution in [0.1, 0.15) is 24.8 Å². The van der Waals surface area contributed by atoms with Crippen LogP contribution in [-0.4, -0.2) is 9.55 Å². The Labute approximate surface area is 100 Å². The maximum absolute atomic E-state index is 6.06. The molecule has 0 fully saturated rings. The van der Waals surface area contributed by atoms with E-state index < -0.39 is 0 Å². The number of anilines is 1. The minimum Gasteiger partial charge on any atom is -0.399 e. The zero-order valence-electron chi connectivity index (χ0n) is 9.63. The first-order valence-corrected chi connectivity index (χ1v) is 5.93. The van der Waals surface area contributed by atoms with E-state index >= 15 is 0 Å². The molecule has 3 rings (SSSR count). The lowest BCUT2D eigenvalue weighted by molar-refractivity contribution is 0.408. The van der Waals surface area contributed by atoms with E-state index in [2.05, 4.69) is 9.55 Å². The molecule has 1 aromatic carbocycles. The number of nitrogens with zero attached hydrogens (tertiary/aromatic N) is 2. The van der Waals surface area contributed by atoms with Crippen LogP contribution in [0.2, 0.25) is 0 Å². The Hall–Kier alpha value is -1.81. The molecule has 2 heterocycles. The van der Waals surface area contributed by atoms with Crippen molar-refractivity contribution in [1.29, 1.82) is 0 Å². The second-order valence-corrected chi connectivity index (χ2v) is 4.53. The lowest BCUT2D eigenvalue weighted by Gasteiger charge is -2.20. The minimum atomic E-state index is 0.0776. The zero-order valence-corrected chi connectivity index (χ0v) is 9.63. The number of hydrogen-bond acceptors (Lipinski definition) is 3. The molecule has 1 aliphatic heterocycles. The van der Waals surface area contributed by atoms with Crippen molar-refractivity contribution in [1.82, 2.24) is 9.55 Å². The van der Waals surface area contributed by atoms with E-state index in [0.717, 1.165) is 42.0 Å². The molecule has 4 nitrogen and oxygen atoms in total. The predicted octanol–water partition coefficient (Wildman–Crippen LogP) is 1.93. The van der Waals surface area contributed by atoms with Gasteiger partial charge in [-0.2, -0.15) is 0 Å². The van der Waals surface area contributed by atoms with Crippen molar-refractivity contribution in [3.63, 3.8) is 0 Å². The molecule has 0 saturated carbocycles. The molecule has 0 aliphatic carbocycles. The fraction of sp³-hybridized carbons (Fsp3) is 0.308. The summed E-state index contributed by atoms with van der Waals surface area (Å²) in [5.74, 6) is 1.09. The van der Waals surface area contributed by atoms with E-state index in [9.17, 15) is 0 Å². The molecular weight excluding hydrogens is 212 g/mol. The Kier molecular flexibility index (Phi) is 2.37. The van der Waals surface area contributed by atoms with Gasteiger partial charge in [0.2, 0.25) is 0 Å². The Morgan fingerprint density at radius 3 is 2.71 bits per heavy atom. The highest BCUT2D eigenvalue weighted by Crippen LogP contribution is 2.26. The number of hydrogen-bond donors (Lipinski definition) is 2. The van der Waals surface area contributed by atoms with Crippen molar-refractivity contribution in [2.45, 2.75) is 25.4 Å². The average Bonchev–Trinajstić information content (AvgIpc) is 2.75. The summed E-state index contributed by atoms with van der Waals surface area (Å²) in [6.07, 6.45) is 5.30. The summed E-state index contributed by atoms with van der Waals surface area (Å²) in [5.41, 5.74) is 14.6. The van der Waals surface area contributed by atoms with Crippen molar-refractivity contribution in [3.8, 4) is 11.3 Å². The third kappa shape index (κ3) is 1.80. The van der Waals surface area contributed by atoms with Crippen LogP contribution < -0.4 is 11.5 Å². The van der Waals surface area contributed by atoms with Gasteiger partial charge < -0.3 is 16.0 Å². The van der Waals surface area contributed by atoms with E-state index in [1.165, 1.54) is 0 Å². The van der Waals surface area contributed by atoms with Crippen LogP contribution in [0.25, 0.3) is 11.3 Å². The molecule has 1 unspecified atom stereocenters. The van der Waals surface area contributed by atoms with Crippen LogP contribution in [-0.2, 0) is 6.42 Å². The molecule has 1 aromatic heterocycles. The maximum Gasteiger partial charge on any atom is 0.110 e. The summed E-state index contributed by atoms with van der Waals surface area (Å²) in [4.78, 5) is 4.64. The molecular formula is C13H16N4. The highest BCUT2D eigenvalue weighted by atomic mass is 15.2. The molecule has 1 aliphatic rings. The van der Waals surface area contributed by atoms with Gasteiger partial charge in [-0.15, -0.1) is 0 Å². The molecule has 4 N–H and O–H groups in total. The van der Waals surface area contributed by atoms with E-state index in [1.54, 1.807) is 0 Å². The van der Waals surface area contributed by atoms with Crippen molar-refractivity contribution < 1.29 is 0 Å². The van der Waals surface area contributed by atoms with Crippen LogP contribution in [0.15, 0.2) is 30.5 Å². The maximum atomic E-state index is 6.06. The third-order valence-electron chi connectivity index (χ3n) is 3.27. The van der Waals surface area contributed by atoms with Crippen LogP contribution in [0, 0.1) is 0 Å². The van der Waals surface area contributed by atoms with Gasteiger partial charge in [0.15, 0.2) is 0 Å². The first-order valence-electron chi connectivity index (χ1n) is 5.93. The fourth-order valence-corrected chi connectivity index (χ4v) is 2.31. The Morgan fingerprint density at radius 1 is 1.24 bits per heavy atom. The highest BCUT2D eigenvalue weighted by Gasteiger charge is 2.18.